The average Bonchev–Trinajstić information content (AvgIpc) is 2.30. The Balaban J connectivity index is 2.25. The molecule has 0 bridgehead atoms. The van der Waals surface area contributed by atoms with Crippen molar-refractivity contribution >= 4 is 5.91 Å². The van der Waals surface area contributed by atoms with E-state index in [-0.39, 0.29) is 12.1 Å². The number of carbonyl (C=O) groups is 1. The summed E-state index contributed by atoms with van der Waals surface area (Å²) in [5.41, 5.74) is 6.86. The molecule has 3 N–H and O–H groups in total. The standard InChI is InChI=1S/C14H22N2O/c1-2-3-5-10-13(15)16-14(17)11-12-8-6-4-7-9-12/h4,6-9,13H,2-3,5,10-11,15H2,1H3,(H,16,17). The van der Waals surface area contributed by atoms with Crippen LogP contribution in [-0.4, -0.2) is 12.1 Å². The second-order valence-corrected chi connectivity index (χ2v) is 4.33. The average molecular weight is 234 g/mol. The van der Waals surface area contributed by atoms with E-state index in [2.05, 4.69) is 12.2 Å². The summed E-state index contributed by atoms with van der Waals surface area (Å²) in [6.45, 7) is 2.15. The minimum atomic E-state index is -0.210. The van der Waals surface area contributed by atoms with Crippen molar-refractivity contribution in [2.45, 2.75) is 45.2 Å². The van der Waals surface area contributed by atoms with Gasteiger partial charge in [-0.1, -0.05) is 56.5 Å². The lowest BCUT2D eigenvalue weighted by Crippen LogP contribution is -2.42. The molecular weight excluding hydrogens is 212 g/mol. The molecule has 3 heteroatoms. The lowest BCUT2D eigenvalue weighted by molar-refractivity contribution is -0.121. The van der Waals surface area contributed by atoms with E-state index >= 15 is 0 Å². The van der Waals surface area contributed by atoms with Crippen molar-refractivity contribution in [2.75, 3.05) is 0 Å². The number of rotatable bonds is 7. The number of hydrogen-bond donors (Lipinski definition) is 2. The normalized spacial score (nSPS) is 12.1. The molecule has 1 aromatic rings. The quantitative estimate of drug-likeness (QED) is 0.561. The van der Waals surface area contributed by atoms with Gasteiger partial charge in [0.05, 0.1) is 12.6 Å². The Morgan fingerprint density at radius 1 is 1.29 bits per heavy atom. The molecule has 0 aliphatic heterocycles. The van der Waals surface area contributed by atoms with Gasteiger partial charge in [0.15, 0.2) is 0 Å². The van der Waals surface area contributed by atoms with Gasteiger partial charge < -0.3 is 11.1 Å². The van der Waals surface area contributed by atoms with Gasteiger partial charge >= 0.3 is 0 Å². The fourth-order valence-corrected chi connectivity index (χ4v) is 1.73. The third-order valence-corrected chi connectivity index (χ3v) is 2.67. The van der Waals surface area contributed by atoms with Crippen LogP contribution < -0.4 is 11.1 Å². The molecule has 0 saturated heterocycles. The zero-order valence-corrected chi connectivity index (χ0v) is 10.5. The summed E-state index contributed by atoms with van der Waals surface area (Å²) in [4.78, 5) is 11.7. The number of amides is 1. The summed E-state index contributed by atoms with van der Waals surface area (Å²) in [6.07, 6.45) is 4.46. The summed E-state index contributed by atoms with van der Waals surface area (Å²) >= 11 is 0. The minimum absolute atomic E-state index is 0.000184. The summed E-state index contributed by atoms with van der Waals surface area (Å²) in [5.74, 6) is 0.000184. The molecule has 1 aromatic carbocycles. The Morgan fingerprint density at radius 2 is 2.00 bits per heavy atom. The lowest BCUT2D eigenvalue weighted by Gasteiger charge is -2.13. The van der Waals surface area contributed by atoms with E-state index < -0.39 is 0 Å². The van der Waals surface area contributed by atoms with Gasteiger partial charge in [0, 0.05) is 0 Å². The predicted molar refractivity (Wildman–Crippen MR) is 70.4 cm³/mol. The SMILES string of the molecule is CCCCCC(N)NC(=O)Cc1ccccc1. The Labute approximate surface area is 103 Å². The molecule has 1 amide bonds. The van der Waals surface area contributed by atoms with Gasteiger partial charge in [-0.05, 0) is 12.0 Å². The molecule has 17 heavy (non-hydrogen) atoms. The van der Waals surface area contributed by atoms with Gasteiger partial charge in [-0.15, -0.1) is 0 Å². The topological polar surface area (TPSA) is 55.1 Å². The van der Waals surface area contributed by atoms with Crippen molar-refractivity contribution < 1.29 is 4.79 Å². The van der Waals surface area contributed by atoms with Crippen LogP contribution in [0, 0.1) is 0 Å². The second kappa shape index (κ2) is 7.85. The van der Waals surface area contributed by atoms with E-state index in [0.29, 0.717) is 6.42 Å². The molecule has 1 rings (SSSR count). The van der Waals surface area contributed by atoms with Gasteiger partial charge in [-0.2, -0.15) is 0 Å². The van der Waals surface area contributed by atoms with Gasteiger partial charge in [0.2, 0.25) is 5.91 Å². The molecule has 0 fully saturated rings. The molecule has 0 saturated carbocycles. The van der Waals surface area contributed by atoms with Crippen molar-refractivity contribution in [3.8, 4) is 0 Å². The maximum atomic E-state index is 11.7. The number of unbranched alkanes of at least 4 members (excludes halogenated alkanes) is 2. The molecule has 0 aromatic heterocycles. The van der Waals surface area contributed by atoms with Crippen molar-refractivity contribution in [3.63, 3.8) is 0 Å². The Morgan fingerprint density at radius 3 is 2.65 bits per heavy atom. The Hall–Kier alpha value is -1.35. The monoisotopic (exact) mass is 234 g/mol. The number of benzene rings is 1. The van der Waals surface area contributed by atoms with Crippen LogP contribution in [0.2, 0.25) is 0 Å². The molecule has 0 radical (unpaired) electrons. The third kappa shape index (κ3) is 6.07. The highest BCUT2D eigenvalue weighted by atomic mass is 16.1. The van der Waals surface area contributed by atoms with Gasteiger partial charge in [-0.25, -0.2) is 0 Å². The fraction of sp³-hybridized carbons (Fsp3) is 0.500. The highest BCUT2D eigenvalue weighted by Gasteiger charge is 2.07. The summed E-state index contributed by atoms with van der Waals surface area (Å²) in [7, 11) is 0. The zero-order valence-electron chi connectivity index (χ0n) is 10.5. The molecule has 1 unspecified atom stereocenters. The fourth-order valence-electron chi connectivity index (χ4n) is 1.73. The minimum Gasteiger partial charge on any atom is -0.341 e. The Bertz CT molecular complexity index is 324. The van der Waals surface area contributed by atoms with Crippen LogP contribution in [0.1, 0.15) is 38.2 Å². The zero-order chi connectivity index (χ0) is 12.5. The first-order chi connectivity index (χ1) is 8.22. The van der Waals surface area contributed by atoms with Gasteiger partial charge in [-0.3, -0.25) is 4.79 Å². The van der Waals surface area contributed by atoms with Gasteiger partial charge in [0.1, 0.15) is 0 Å². The van der Waals surface area contributed by atoms with E-state index in [1.807, 2.05) is 30.3 Å². The molecule has 0 spiro atoms. The van der Waals surface area contributed by atoms with Gasteiger partial charge in [0.25, 0.3) is 0 Å². The molecule has 0 heterocycles. The predicted octanol–water partition coefficient (Wildman–Crippen LogP) is 2.21. The number of hydrogen-bond acceptors (Lipinski definition) is 2. The summed E-state index contributed by atoms with van der Waals surface area (Å²) in [6, 6.07) is 9.70. The third-order valence-electron chi connectivity index (χ3n) is 2.67. The summed E-state index contributed by atoms with van der Waals surface area (Å²) < 4.78 is 0. The first-order valence-corrected chi connectivity index (χ1v) is 6.31. The first kappa shape index (κ1) is 13.7. The molecule has 3 nitrogen and oxygen atoms in total. The molecule has 94 valence electrons. The van der Waals surface area contributed by atoms with Crippen molar-refractivity contribution in [1.82, 2.24) is 5.32 Å². The molecule has 0 aliphatic carbocycles. The second-order valence-electron chi connectivity index (χ2n) is 4.33. The number of nitrogens with one attached hydrogen (secondary N) is 1. The summed E-state index contributed by atoms with van der Waals surface area (Å²) in [5, 5.41) is 2.83. The Kier molecular flexibility index (Phi) is 6.33. The lowest BCUT2D eigenvalue weighted by atomic mass is 10.1. The van der Waals surface area contributed by atoms with E-state index in [0.717, 1.165) is 18.4 Å². The van der Waals surface area contributed by atoms with Crippen LogP contribution in [0.15, 0.2) is 30.3 Å². The smallest absolute Gasteiger partial charge is 0.225 e. The molecule has 0 aliphatic rings. The highest BCUT2D eigenvalue weighted by molar-refractivity contribution is 5.78. The van der Waals surface area contributed by atoms with E-state index in [9.17, 15) is 4.79 Å². The van der Waals surface area contributed by atoms with Crippen molar-refractivity contribution in [2.24, 2.45) is 5.73 Å². The van der Waals surface area contributed by atoms with Crippen molar-refractivity contribution in [3.05, 3.63) is 35.9 Å². The van der Waals surface area contributed by atoms with Crippen LogP contribution in [-0.2, 0) is 11.2 Å². The van der Waals surface area contributed by atoms with Crippen LogP contribution in [0.25, 0.3) is 0 Å². The van der Waals surface area contributed by atoms with Crippen LogP contribution in [0.4, 0.5) is 0 Å². The van der Waals surface area contributed by atoms with E-state index in [1.165, 1.54) is 12.8 Å². The van der Waals surface area contributed by atoms with Crippen LogP contribution in [0.5, 0.6) is 0 Å². The highest BCUT2D eigenvalue weighted by Crippen LogP contribution is 2.02. The van der Waals surface area contributed by atoms with Crippen LogP contribution >= 0.6 is 0 Å². The number of carbonyl (C=O) groups excluding carboxylic acids is 1. The largest absolute Gasteiger partial charge is 0.341 e. The first-order valence-electron chi connectivity index (χ1n) is 6.31. The maximum absolute atomic E-state index is 11.7. The number of nitrogens with two attached hydrogens (primary N) is 1. The molecular formula is C14H22N2O. The molecule has 1 atom stereocenters. The van der Waals surface area contributed by atoms with E-state index in [4.69, 9.17) is 5.73 Å². The maximum Gasteiger partial charge on any atom is 0.225 e. The van der Waals surface area contributed by atoms with Crippen LogP contribution in [0.3, 0.4) is 0 Å². The van der Waals surface area contributed by atoms with E-state index in [1.54, 1.807) is 0 Å². The van der Waals surface area contributed by atoms with Crippen molar-refractivity contribution in [1.29, 1.82) is 0 Å².